The maximum Gasteiger partial charge on any atom is 0.228 e. The van der Waals surface area contributed by atoms with Crippen molar-refractivity contribution in [3.05, 3.63) is 41.5 Å². The Balaban J connectivity index is 2.44. The van der Waals surface area contributed by atoms with Crippen molar-refractivity contribution in [1.82, 2.24) is 9.97 Å². The van der Waals surface area contributed by atoms with Crippen molar-refractivity contribution >= 4 is 5.82 Å². The first-order valence-electron chi connectivity index (χ1n) is 7.06. The van der Waals surface area contributed by atoms with Gasteiger partial charge in [0.25, 0.3) is 0 Å². The maximum absolute atomic E-state index is 14.1. The van der Waals surface area contributed by atoms with Crippen molar-refractivity contribution in [1.29, 1.82) is 0 Å². The largest absolute Gasteiger partial charge is 0.435 e. The Bertz CT molecular complexity index is 629. The summed E-state index contributed by atoms with van der Waals surface area (Å²) in [6.07, 6.45) is 1.42. The number of ether oxygens (including phenoxy) is 1. The average Bonchev–Trinajstić information content (AvgIpc) is 2.44. The van der Waals surface area contributed by atoms with Crippen LogP contribution < -0.4 is 10.1 Å². The molecular formula is C16H20FN3O. The molecule has 5 heteroatoms. The predicted molar refractivity (Wildman–Crippen MR) is 81.5 cm³/mol. The number of hydrogen-bond acceptors (Lipinski definition) is 4. The van der Waals surface area contributed by atoms with Gasteiger partial charge < -0.3 is 10.1 Å². The molecule has 1 N–H and O–H groups in total. The highest BCUT2D eigenvalue weighted by Gasteiger charge is 2.18. The molecule has 0 aliphatic heterocycles. The molecule has 1 aromatic carbocycles. The molecule has 0 amide bonds. The quantitative estimate of drug-likeness (QED) is 0.892. The van der Waals surface area contributed by atoms with E-state index in [0.717, 1.165) is 17.9 Å². The summed E-state index contributed by atoms with van der Waals surface area (Å²) in [5.74, 6) is 1.09. The van der Waals surface area contributed by atoms with E-state index in [2.05, 4.69) is 15.3 Å². The molecule has 0 aliphatic rings. The fourth-order valence-electron chi connectivity index (χ4n) is 2.09. The Labute approximate surface area is 124 Å². The van der Waals surface area contributed by atoms with Gasteiger partial charge in [-0.25, -0.2) is 14.4 Å². The molecule has 0 radical (unpaired) electrons. The lowest BCUT2D eigenvalue weighted by molar-refractivity contribution is 0.417. The summed E-state index contributed by atoms with van der Waals surface area (Å²) in [7, 11) is 0. The van der Waals surface area contributed by atoms with Crippen LogP contribution in [0, 0.1) is 12.7 Å². The van der Waals surface area contributed by atoms with Crippen LogP contribution in [-0.4, -0.2) is 16.5 Å². The summed E-state index contributed by atoms with van der Waals surface area (Å²) in [6, 6.07) is 5.06. The van der Waals surface area contributed by atoms with Crippen LogP contribution in [-0.2, 0) is 0 Å². The molecule has 1 aromatic heterocycles. The zero-order valence-electron chi connectivity index (χ0n) is 12.8. The van der Waals surface area contributed by atoms with Gasteiger partial charge >= 0.3 is 0 Å². The van der Waals surface area contributed by atoms with Gasteiger partial charge in [-0.2, -0.15) is 0 Å². The second-order valence-corrected chi connectivity index (χ2v) is 5.12. The summed E-state index contributed by atoms with van der Waals surface area (Å²) in [5, 5.41) is 3.18. The fourth-order valence-corrected chi connectivity index (χ4v) is 2.09. The molecule has 4 nitrogen and oxygen atoms in total. The molecule has 1 heterocycles. The van der Waals surface area contributed by atoms with Crippen molar-refractivity contribution in [2.75, 3.05) is 11.9 Å². The summed E-state index contributed by atoms with van der Waals surface area (Å²) in [6.45, 7) is 8.50. The van der Waals surface area contributed by atoms with E-state index in [0.29, 0.717) is 11.4 Å². The van der Waals surface area contributed by atoms with Crippen LogP contribution >= 0.6 is 0 Å². The Kier molecular flexibility index (Phi) is 4.73. The van der Waals surface area contributed by atoms with Crippen LogP contribution in [0.25, 0.3) is 0 Å². The number of aryl methyl sites for hydroxylation is 1. The number of nitrogens with one attached hydrogen (secondary N) is 1. The lowest BCUT2D eigenvalue weighted by Crippen LogP contribution is -2.08. The van der Waals surface area contributed by atoms with E-state index in [-0.39, 0.29) is 17.5 Å². The number of halogens is 1. The number of rotatable bonds is 5. The van der Waals surface area contributed by atoms with Gasteiger partial charge in [0.15, 0.2) is 11.6 Å². The Morgan fingerprint density at radius 1 is 1.29 bits per heavy atom. The van der Waals surface area contributed by atoms with Gasteiger partial charge in [0.05, 0.1) is 5.56 Å². The average molecular weight is 289 g/mol. The summed E-state index contributed by atoms with van der Waals surface area (Å²) < 4.78 is 19.8. The molecule has 0 bridgehead atoms. The molecule has 0 spiro atoms. The van der Waals surface area contributed by atoms with Crippen LogP contribution in [0.15, 0.2) is 24.5 Å². The van der Waals surface area contributed by atoms with E-state index in [1.54, 1.807) is 25.1 Å². The van der Waals surface area contributed by atoms with E-state index in [1.165, 1.54) is 6.33 Å². The van der Waals surface area contributed by atoms with Crippen molar-refractivity contribution in [3.63, 3.8) is 0 Å². The normalized spacial score (nSPS) is 10.8. The van der Waals surface area contributed by atoms with Gasteiger partial charge in [0, 0.05) is 6.54 Å². The van der Waals surface area contributed by atoms with E-state index < -0.39 is 0 Å². The summed E-state index contributed by atoms with van der Waals surface area (Å²) in [4.78, 5) is 8.40. The Hall–Kier alpha value is -2.17. The van der Waals surface area contributed by atoms with E-state index in [1.807, 2.05) is 20.8 Å². The summed E-state index contributed by atoms with van der Waals surface area (Å²) >= 11 is 0. The summed E-state index contributed by atoms with van der Waals surface area (Å²) in [5.41, 5.74) is 1.39. The predicted octanol–water partition coefficient (Wildman–Crippen LogP) is 4.27. The molecule has 21 heavy (non-hydrogen) atoms. The SMILES string of the molecule is CCNc1ncnc(Oc2cccc(C)c2F)c1C(C)C. The Morgan fingerprint density at radius 3 is 2.71 bits per heavy atom. The highest BCUT2D eigenvalue weighted by Crippen LogP contribution is 2.34. The number of hydrogen-bond donors (Lipinski definition) is 1. The topological polar surface area (TPSA) is 47.0 Å². The third kappa shape index (κ3) is 3.29. The zero-order valence-corrected chi connectivity index (χ0v) is 12.8. The molecule has 0 atom stereocenters. The Morgan fingerprint density at radius 2 is 2.05 bits per heavy atom. The van der Waals surface area contributed by atoms with Gasteiger partial charge in [-0.3, -0.25) is 0 Å². The van der Waals surface area contributed by atoms with Crippen LogP contribution in [0.5, 0.6) is 11.6 Å². The fraction of sp³-hybridized carbons (Fsp3) is 0.375. The van der Waals surface area contributed by atoms with E-state index >= 15 is 0 Å². The number of nitrogens with zero attached hydrogens (tertiary/aromatic N) is 2. The van der Waals surface area contributed by atoms with Crippen LogP contribution in [0.3, 0.4) is 0 Å². The zero-order chi connectivity index (χ0) is 15.4. The molecule has 0 unspecified atom stereocenters. The number of benzene rings is 1. The molecular weight excluding hydrogens is 269 g/mol. The van der Waals surface area contributed by atoms with Gasteiger partial charge in [-0.15, -0.1) is 0 Å². The van der Waals surface area contributed by atoms with Crippen LogP contribution in [0.4, 0.5) is 10.2 Å². The molecule has 112 valence electrons. The van der Waals surface area contributed by atoms with Crippen molar-refractivity contribution < 1.29 is 9.13 Å². The standard InChI is InChI=1S/C16H20FN3O/c1-5-18-15-13(10(2)3)16(20-9-19-15)21-12-8-6-7-11(4)14(12)17/h6-10H,5H2,1-4H3,(H,18,19,20). The molecule has 2 aromatic rings. The lowest BCUT2D eigenvalue weighted by atomic mass is 10.1. The highest BCUT2D eigenvalue weighted by atomic mass is 19.1. The van der Waals surface area contributed by atoms with Crippen LogP contribution in [0.2, 0.25) is 0 Å². The third-order valence-corrected chi connectivity index (χ3v) is 3.13. The van der Waals surface area contributed by atoms with Crippen molar-refractivity contribution in [2.24, 2.45) is 0 Å². The van der Waals surface area contributed by atoms with E-state index in [4.69, 9.17) is 4.74 Å². The second kappa shape index (κ2) is 6.52. The first-order valence-corrected chi connectivity index (χ1v) is 7.06. The van der Waals surface area contributed by atoms with Gasteiger partial charge in [0.1, 0.15) is 12.1 Å². The minimum atomic E-state index is -0.365. The molecule has 0 saturated heterocycles. The number of anilines is 1. The lowest BCUT2D eigenvalue weighted by Gasteiger charge is -2.16. The van der Waals surface area contributed by atoms with Gasteiger partial charge in [-0.1, -0.05) is 26.0 Å². The van der Waals surface area contributed by atoms with Crippen LogP contribution in [0.1, 0.15) is 37.8 Å². The van der Waals surface area contributed by atoms with Crippen molar-refractivity contribution in [3.8, 4) is 11.6 Å². The first kappa shape index (κ1) is 15.2. The second-order valence-electron chi connectivity index (χ2n) is 5.12. The smallest absolute Gasteiger partial charge is 0.228 e. The third-order valence-electron chi connectivity index (χ3n) is 3.13. The minimum absolute atomic E-state index is 0.156. The molecule has 0 saturated carbocycles. The monoisotopic (exact) mass is 289 g/mol. The molecule has 0 fully saturated rings. The highest BCUT2D eigenvalue weighted by molar-refractivity contribution is 5.51. The van der Waals surface area contributed by atoms with Gasteiger partial charge in [0.2, 0.25) is 5.88 Å². The maximum atomic E-state index is 14.1. The van der Waals surface area contributed by atoms with E-state index in [9.17, 15) is 4.39 Å². The molecule has 2 rings (SSSR count). The van der Waals surface area contributed by atoms with Crippen molar-refractivity contribution in [2.45, 2.75) is 33.6 Å². The number of aromatic nitrogens is 2. The van der Waals surface area contributed by atoms with Gasteiger partial charge in [-0.05, 0) is 31.4 Å². The molecule has 0 aliphatic carbocycles. The first-order chi connectivity index (χ1) is 10.0. The minimum Gasteiger partial charge on any atom is -0.435 e.